The fourth-order valence-corrected chi connectivity index (χ4v) is 1.93. The second-order valence-electron chi connectivity index (χ2n) is 4.08. The third kappa shape index (κ3) is 2.68. The number of hydrogen-bond acceptors (Lipinski definition) is 7. The minimum atomic E-state index is -0.364. The van der Waals surface area contributed by atoms with E-state index in [0.717, 1.165) is 11.3 Å². The van der Waals surface area contributed by atoms with Gasteiger partial charge in [0.15, 0.2) is 0 Å². The third-order valence-electron chi connectivity index (χ3n) is 2.95. The van der Waals surface area contributed by atoms with Crippen molar-refractivity contribution >= 4 is 0 Å². The number of methoxy groups -OCH3 is 2. The number of rotatable bonds is 5. The van der Waals surface area contributed by atoms with Gasteiger partial charge in [0.25, 0.3) is 0 Å². The molecular formula is C13H17N5O2. The van der Waals surface area contributed by atoms with Crippen LogP contribution in [0.2, 0.25) is 0 Å². The molecule has 0 aromatic carbocycles. The molecule has 0 aliphatic carbocycles. The van der Waals surface area contributed by atoms with Crippen LogP contribution in [0.1, 0.15) is 23.0 Å². The summed E-state index contributed by atoms with van der Waals surface area (Å²) in [5.74, 6) is 6.40. The Hall–Kier alpha value is -2.25. The molecule has 20 heavy (non-hydrogen) atoms. The van der Waals surface area contributed by atoms with Gasteiger partial charge in [-0.05, 0) is 18.6 Å². The number of hydrazine groups is 1. The van der Waals surface area contributed by atoms with E-state index in [1.165, 1.54) is 20.4 Å². The summed E-state index contributed by atoms with van der Waals surface area (Å²) in [7, 11) is 3.05. The predicted molar refractivity (Wildman–Crippen MR) is 73.3 cm³/mol. The summed E-state index contributed by atoms with van der Waals surface area (Å²) >= 11 is 0. The molecule has 0 amide bonds. The highest BCUT2D eigenvalue weighted by molar-refractivity contribution is 5.35. The number of nitrogens with zero attached hydrogens (tertiary/aromatic N) is 3. The molecule has 2 aromatic heterocycles. The summed E-state index contributed by atoms with van der Waals surface area (Å²) in [6.07, 6.45) is 3.25. The van der Waals surface area contributed by atoms with Crippen LogP contribution in [0.5, 0.6) is 11.8 Å². The number of pyridine rings is 1. The highest BCUT2D eigenvalue weighted by Gasteiger charge is 2.22. The third-order valence-corrected chi connectivity index (χ3v) is 2.95. The Labute approximate surface area is 117 Å². The van der Waals surface area contributed by atoms with Crippen LogP contribution in [0.15, 0.2) is 24.5 Å². The van der Waals surface area contributed by atoms with Gasteiger partial charge in [0.2, 0.25) is 11.8 Å². The Morgan fingerprint density at radius 2 is 2.05 bits per heavy atom. The van der Waals surface area contributed by atoms with Crippen LogP contribution in [-0.2, 0) is 0 Å². The predicted octanol–water partition coefficient (Wildman–Crippen LogP) is 0.750. The molecule has 0 bridgehead atoms. The van der Waals surface area contributed by atoms with E-state index in [1.54, 1.807) is 6.20 Å². The van der Waals surface area contributed by atoms with E-state index in [0.29, 0.717) is 17.5 Å². The molecule has 1 atom stereocenters. The van der Waals surface area contributed by atoms with Gasteiger partial charge in [-0.3, -0.25) is 10.8 Å². The molecule has 7 heteroatoms. The average Bonchev–Trinajstić information content (AvgIpc) is 2.50. The molecule has 2 heterocycles. The van der Waals surface area contributed by atoms with Crippen molar-refractivity contribution in [2.45, 2.75) is 13.0 Å². The Kier molecular flexibility index (Phi) is 4.44. The monoisotopic (exact) mass is 275 g/mol. The van der Waals surface area contributed by atoms with Crippen molar-refractivity contribution < 1.29 is 9.47 Å². The summed E-state index contributed by atoms with van der Waals surface area (Å²) in [6.45, 7) is 1.91. The van der Waals surface area contributed by atoms with Gasteiger partial charge in [0.05, 0.1) is 26.5 Å². The summed E-state index contributed by atoms with van der Waals surface area (Å²) in [6, 6.07) is 3.41. The van der Waals surface area contributed by atoms with E-state index in [4.69, 9.17) is 15.3 Å². The molecule has 0 fully saturated rings. The first-order chi connectivity index (χ1) is 9.71. The molecule has 106 valence electrons. The molecule has 0 spiro atoms. The molecule has 0 radical (unpaired) electrons. The topological polar surface area (TPSA) is 95.2 Å². The van der Waals surface area contributed by atoms with E-state index in [-0.39, 0.29) is 6.04 Å². The summed E-state index contributed by atoms with van der Waals surface area (Å²) in [5.41, 5.74) is 5.07. The second-order valence-corrected chi connectivity index (χ2v) is 4.08. The SMILES string of the molecule is COc1cnc(C(NN)c2cccnc2C)c(OC)n1. The molecule has 0 saturated carbocycles. The Morgan fingerprint density at radius 1 is 1.25 bits per heavy atom. The maximum atomic E-state index is 5.67. The van der Waals surface area contributed by atoms with Crippen LogP contribution in [0.4, 0.5) is 0 Å². The van der Waals surface area contributed by atoms with E-state index >= 15 is 0 Å². The number of aryl methyl sites for hydroxylation is 1. The molecule has 0 saturated heterocycles. The first-order valence-electron chi connectivity index (χ1n) is 6.03. The molecule has 3 N–H and O–H groups in total. The smallest absolute Gasteiger partial charge is 0.240 e. The first-order valence-corrected chi connectivity index (χ1v) is 6.03. The number of ether oxygens (including phenoxy) is 2. The highest BCUT2D eigenvalue weighted by Crippen LogP contribution is 2.28. The highest BCUT2D eigenvalue weighted by atomic mass is 16.5. The zero-order chi connectivity index (χ0) is 14.5. The van der Waals surface area contributed by atoms with Crippen LogP contribution in [-0.4, -0.2) is 29.2 Å². The van der Waals surface area contributed by atoms with Gasteiger partial charge in [0, 0.05) is 11.9 Å². The summed E-state index contributed by atoms with van der Waals surface area (Å²) < 4.78 is 10.3. The molecule has 2 aromatic rings. The number of hydrogen-bond donors (Lipinski definition) is 2. The van der Waals surface area contributed by atoms with Crippen molar-refractivity contribution in [2.24, 2.45) is 5.84 Å². The normalized spacial score (nSPS) is 12.0. The fraction of sp³-hybridized carbons (Fsp3) is 0.308. The van der Waals surface area contributed by atoms with Crippen molar-refractivity contribution in [3.63, 3.8) is 0 Å². The van der Waals surface area contributed by atoms with Gasteiger partial charge in [0.1, 0.15) is 5.69 Å². The molecule has 0 aliphatic heterocycles. The number of nitrogens with one attached hydrogen (secondary N) is 1. The van der Waals surface area contributed by atoms with Crippen LogP contribution in [0, 0.1) is 6.92 Å². The van der Waals surface area contributed by atoms with Crippen LogP contribution in [0.3, 0.4) is 0 Å². The molecular weight excluding hydrogens is 258 g/mol. The average molecular weight is 275 g/mol. The van der Waals surface area contributed by atoms with Crippen molar-refractivity contribution in [1.82, 2.24) is 20.4 Å². The van der Waals surface area contributed by atoms with E-state index < -0.39 is 0 Å². The Balaban J connectivity index is 2.49. The van der Waals surface area contributed by atoms with Gasteiger partial charge >= 0.3 is 0 Å². The van der Waals surface area contributed by atoms with Gasteiger partial charge < -0.3 is 9.47 Å². The zero-order valence-electron chi connectivity index (χ0n) is 11.6. The lowest BCUT2D eigenvalue weighted by molar-refractivity contribution is 0.352. The van der Waals surface area contributed by atoms with Gasteiger partial charge in [-0.1, -0.05) is 6.07 Å². The van der Waals surface area contributed by atoms with Gasteiger partial charge in [-0.25, -0.2) is 10.4 Å². The largest absolute Gasteiger partial charge is 0.480 e. The van der Waals surface area contributed by atoms with E-state index in [1.807, 2.05) is 19.1 Å². The standard InChI is InChI=1S/C13H17N5O2/c1-8-9(5-4-6-15-8)11(18-14)12-13(20-3)17-10(19-2)7-16-12/h4-7,11,18H,14H2,1-3H3. The summed E-state index contributed by atoms with van der Waals surface area (Å²) in [5, 5.41) is 0. The quantitative estimate of drug-likeness (QED) is 0.614. The minimum Gasteiger partial charge on any atom is -0.480 e. The first kappa shape index (κ1) is 14.2. The molecule has 1 unspecified atom stereocenters. The zero-order valence-corrected chi connectivity index (χ0v) is 11.6. The van der Waals surface area contributed by atoms with Gasteiger partial charge in [-0.2, -0.15) is 4.98 Å². The van der Waals surface area contributed by atoms with Crippen LogP contribution >= 0.6 is 0 Å². The maximum absolute atomic E-state index is 5.67. The van der Waals surface area contributed by atoms with Crippen molar-refractivity contribution in [3.8, 4) is 11.8 Å². The Morgan fingerprint density at radius 3 is 2.65 bits per heavy atom. The maximum Gasteiger partial charge on any atom is 0.240 e. The molecule has 0 aliphatic rings. The fourth-order valence-electron chi connectivity index (χ4n) is 1.93. The lowest BCUT2D eigenvalue weighted by Crippen LogP contribution is -2.30. The van der Waals surface area contributed by atoms with Gasteiger partial charge in [-0.15, -0.1) is 0 Å². The lowest BCUT2D eigenvalue weighted by atomic mass is 10.0. The summed E-state index contributed by atoms with van der Waals surface area (Å²) in [4.78, 5) is 12.8. The number of aromatic nitrogens is 3. The number of nitrogens with two attached hydrogens (primary N) is 1. The van der Waals surface area contributed by atoms with Crippen molar-refractivity contribution in [1.29, 1.82) is 0 Å². The lowest BCUT2D eigenvalue weighted by Gasteiger charge is -2.19. The van der Waals surface area contributed by atoms with E-state index in [9.17, 15) is 0 Å². The molecule has 7 nitrogen and oxygen atoms in total. The van der Waals surface area contributed by atoms with Crippen molar-refractivity contribution in [2.75, 3.05) is 14.2 Å². The molecule has 2 rings (SSSR count). The Bertz CT molecular complexity index is 591. The van der Waals surface area contributed by atoms with Crippen molar-refractivity contribution in [3.05, 3.63) is 41.5 Å². The van der Waals surface area contributed by atoms with Crippen LogP contribution in [0.25, 0.3) is 0 Å². The van der Waals surface area contributed by atoms with E-state index in [2.05, 4.69) is 20.4 Å². The minimum absolute atomic E-state index is 0.357. The van der Waals surface area contributed by atoms with Crippen LogP contribution < -0.4 is 20.7 Å². The second kappa shape index (κ2) is 6.27.